The molecule has 0 aromatic rings. The number of aliphatic carboxylic acids is 2. The molecule has 0 aliphatic heterocycles. The van der Waals surface area contributed by atoms with Gasteiger partial charge in [0.05, 0.1) is 36.9 Å². The van der Waals surface area contributed by atoms with Gasteiger partial charge in [0.1, 0.15) is 0 Å². The number of ether oxygens (including phenoxy) is 1. The minimum Gasteiger partial charge on any atom is -0.481 e. The summed E-state index contributed by atoms with van der Waals surface area (Å²) in [4.78, 5) is 42.0. The first kappa shape index (κ1) is 23.3. The maximum Gasteiger partial charge on any atom is 0.321 e. The second-order valence-corrected chi connectivity index (χ2v) is 6.05. The van der Waals surface area contributed by atoms with Gasteiger partial charge < -0.3 is 25.2 Å². The van der Waals surface area contributed by atoms with E-state index in [1.165, 1.54) is 27.7 Å². The van der Waals surface area contributed by atoms with Crippen LogP contribution in [0.1, 0.15) is 40.5 Å². The van der Waals surface area contributed by atoms with Crippen molar-refractivity contribution >= 4 is 23.9 Å². The van der Waals surface area contributed by atoms with E-state index in [2.05, 4.69) is 4.74 Å². The molecule has 0 saturated carbocycles. The molecule has 9 nitrogen and oxygen atoms in total. The van der Waals surface area contributed by atoms with Crippen LogP contribution in [0, 0.1) is 10.8 Å². The fourth-order valence-electron chi connectivity index (χ4n) is 0.703. The number of hydrogen-bond acceptors (Lipinski definition) is 7. The van der Waals surface area contributed by atoms with Crippen LogP contribution in [-0.2, 0) is 23.9 Å². The van der Waals surface area contributed by atoms with Crippen molar-refractivity contribution in [3.63, 3.8) is 0 Å². The van der Waals surface area contributed by atoms with Gasteiger partial charge in [0.2, 0.25) is 0 Å². The monoisotopic (exact) mass is 336 g/mol. The predicted octanol–water partition coefficient (Wildman–Crippen LogP) is 0.0290. The average Bonchev–Trinajstić information content (AvgIpc) is 2.45. The average molecular weight is 336 g/mol. The Morgan fingerprint density at radius 3 is 1.17 bits per heavy atom. The third-order valence-corrected chi connectivity index (χ3v) is 2.63. The van der Waals surface area contributed by atoms with Crippen molar-refractivity contribution in [1.82, 2.24) is 0 Å². The van der Waals surface area contributed by atoms with Crippen LogP contribution in [0.25, 0.3) is 0 Å². The summed E-state index contributed by atoms with van der Waals surface area (Å²) in [6, 6.07) is 0. The zero-order valence-corrected chi connectivity index (χ0v) is 13.7. The van der Waals surface area contributed by atoms with E-state index in [9.17, 15) is 19.2 Å². The summed E-state index contributed by atoms with van der Waals surface area (Å²) >= 11 is 0. The summed E-state index contributed by atoms with van der Waals surface area (Å²) in [5.41, 5.74) is -2.22. The number of carbonyl (C=O) groups excluding carboxylic acids is 2. The van der Waals surface area contributed by atoms with Gasteiger partial charge in [0.15, 0.2) is 0 Å². The number of rotatable bonds is 7. The van der Waals surface area contributed by atoms with Crippen LogP contribution in [0.2, 0.25) is 0 Å². The molecule has 0 heterocycles. The molecule has 0 fully saturated rings. The van der Waals surface area contributed by atoms with Crippen LogP contribution in [-0.4, -0.2) is 57.5 Å². The van der Waals surface area contributed by atoms with E-state index in [1.54, 1.807) is 0 Å². The number of aliphatic hydroxyl groups excluding tert-OH is 2. The molecule has 0 aliphatic rings. The molecule has 0 amide bonds. The Morgan fingerprint density at radius 1 is 0.739 bits per heavy atom. The van der Waals surface area contributed by atoms with Crippen LogP contribution < -0.4 is 0 Å². The quantitative estimate of drug-likeness (QED) is 0.371. The van der Waals surface area contributed by atoms with Gasteiger partial charge in [-0.25, -0.2) is 0 Å². The van der Waals surface area contributed by atoms with Gasteiger partial charge in [-0.1, -0.05) is 0 Å². The molecule has 0 aliphatic carbocycles. The van der Waals surface area contributed by atoms with E-state index in [-0.39, 0.29) is 12.8 Å². The van der Waals surface area contributed by atoms with Crippen LogP contribution in [0.15, 0.2) is 0 Å². The van der Waals surface area contributed by atoms with Crippen LogP contribution in [0.5, 0.6) is 0 Å². The van der Waals surface area contributed by atoms with Gasteiger partial charge >= 0.3 is 23.9 Å². The van der Waals surface area contributed by atoms with Crippen molar-refractivity contribution in [2.45, 2.75) is 40.5 Å². The summed E-state index contributed by atoms with van der Waals surface area (Å²) in [5.74, 6) is -3.74. The molecule has 0 unspecified atom stereocenters. The first-order valence-electron chi connectivity index (χ1n) is 6.72. The lowest BCUT2D eigenvalue weighted by molar-refractivity contribution is -0.174. The van der Waals surface area contributed by atoms with Gasteiger partial charge in [-0.2, -0.15) is 0 Å². The van der Waals surface area contributed by atoms with Crippen molar-refractivity contribution in [3.8, 4) is 0 Å². The Kier molecular flexibility index (Phi) is 10.0. The number of hydrogen-bond donors (Lipinski definition) is 4. The van der Waals surface area contributed by atoms with Gasteiger partial charge in [-0.3, -0.25) is 19.2 Å². The molecule has 0 rings (SSSR count). The Hall–Kier alpha value is -2.00. The molecule has 0 radical (unpaired) electrons. The predicted molar refractivity (Wildman–Crippen MR) is 77.3 cm³/mol. The van der Waals surface area contributed by atoms with E-state index in [4.69, 9.17) is 20.4 Å². The lowest BCUT2D eigenvalue weighted by Crippen LogP contribution is -2.38. The second-order valence-electron chi connectivity index (χ2n) is 6.05. The smallest absolute Gasteiger partial charge is 0.321 e. The molecule has 0 spiro atoms. The number of carbonyl (C=O) groups is 4. The molecule has 0 aromatic heterocycles. The van der Waals surface area contributed by atoms with Crippen molar-refractivity contribution in [2.75, 3.05) is 13.2 Å². The van der Waals surface area contributed by atoms with Crippen LogP contribution >= 0.6 is 0 Å². The third kappa shape index (κ3) is 10.4. The highest BCUT2D eigenvalue weighted by Crippen LogP contribution is 2.21. The van der Waals surface area contributed by atoms with Crippen molar-refractivity contribution in [1.29, 1.82) is 0 Å². The van der Waals surface area contributed by atoms with E-state index >= 15 is 0 Å². The highest BCUT2D eigenvalue weighted by Gasteiger charge is 2.36. The first-order chi connectivity index (χ1) is 10.3. The highest BCUT2D eigenvalue weighted by molar-refractivity contribution is 5.91. The molecule has 0 aromatic carbocycles. The SMILES string of the molecule is CC(C)(CO)C(=O)OC(=O)C(C)(C)CO.O=C(O)CCC(=O)O. The molecule has 9 heteroatoms. The summed E-state index contributed by atoms with van der Waals surface area (Å²) in [7, 11) is 0. The zero-order valence-electron chi connectivity index (χ0n) is 13.7. The number of aliphatic hydroxyl groups is 2. The molecular formula is C14H24O9. The standard InChI is InChI=1S/C10H18O5.C4H6O4/c1-9(2,5-11)7(13)15-8(14)10(3,4)6-12;5-3(6)1-2-4(7)8/h11-12H,5-6H2,1-4H3;1-2H2,(H,5,6)(H,7,8). The van der Waals surface area contributed by atoms with Gasteiger partial charge in [0, 0.05) is 0 Å². The van der Waals surface area contributed by atoms with E-state index in [0.29, 0.717) is 0 Å². The minimum atomic E-state index is -1.11. The fourth-order valence-corrected chi connectivity index (χ4v) is 0.703. The minimum absolute atomic E-state index is 0.296. The maximum atomic E-state index is 11.4. The fraction of sp³-hybridized carbons (Fsp3) is 0.714. The van der Waals surface area contributed by atoms with Crippen molar-refractivity contribution in [3.05, 3.63) is 0 Å². The van der Waals surface area contributed by atoms with Gasteiger partial charge in [-0.05, 0) is 27.7 Å². The van der Waals surface area contributed by atoms with Crippen molar-refractivity contribution < 1.29 is 44.3 Å². The highest BCUT2D eigenvalue weighted by atomic mass is 16.6. The van der Waals surface area contributed by atoms with Crippen LogP contribution in [0.4, 0.5) is 0 Å². The largest absolute Gasteiger partial charge is 0.481 e. The number of carboxylic acid groups (broad SMARTS) is 2. The van der Waals surface area contributed by atoms with E-state index in [0.717, 1.165) is 0 Å². The summed E-state index contributed by atoms with van der Waals surface area (Å²) in [5, 5.41) is 33.5. The Balaban J connectivity index is 0. The summed E-state index contributed by atoms with van der Waals surface area (Å²) < 4.78 is 4.56. The summed E-state index contributed by atoms with van der Waals surface area (Å²) in [6.45, 7) is 5.06. The van der Waals surface area contributed by atoms with E-state index < -0.39 is 47.9 Å². The number of esters is 2. The summed E-state index contributed by atoms with van der Waals surface area (Å²) in [6.07, 6.45) is -0.593. The number of carboxylic acids is 2. The lowest BCUT2D eigenvalue weighted by atomic mass is 9.93. The molecule has 0 bridgehead atoms. The lowest BCUT2D eigenvalue weighted by Gasteiger charge is -2.23. The maximum absolute atomic E-state index is 11.4. The molecule has 4 N–H and O–H groups in total. The van der Waals surface area contributed by atoms with Gasteiger partial charge in [0.25, 0.3) is 0 Å². The first-order valence-corrected chi connectivity index (χ1v) is 6.72. The topological polar surface area (TPSA) is 158 Å². The Bertz CT molecular complexity index is 398. The zero-order chi connectivity index (χ0) is 18.8. The van der Waals surface area contributed by atoms with Crippen LogP contribution in [0.3, 0.4) is 0 Å². The van der Waals surface area contributed by atoms with Gasteiger partial charge in [-0.15, -0.1) is 0 Å². The normalized spacial score (nSPS) is 11.0. The Labute approximate surface area is 133 Å². The van der Waals surface area contributed by atoms with Crippen molar-refractivity contribution in [2.24, 2.45) is 10.8 Å². The second kappa shape index (κ2) is 9.90. The molecule has 134 valence electrons. The molecular weight excluding hydrogens is 312 g/mol. The molecule has 23 heavy (non-hydrogen) atoms. The molecule has 0 saturated heterocycles. The molecule has 0 atom stereocenters. The van der Waals surface area contributed by atoms with E-state index in [1.807, 2.05) is 0 Å². The third-order valence-electron chi connectivity index (χ3n) is 2.63. The Morgan fingerprint density at radius 2 is 1.00 bits per heavy atom.